The predicted octanol–water partition coefficient (Wildman–Crippen LogP) is 2.93. The lowest BCUT2D eigenvalue weighted by Crippen LogP contribution is -2.38. The van der Waals surface area contributed by atoms with Gasteiger partial charge < -0.3 is 19.5 Å². The minimum atomic E-state index is -2.60. The van der Waals surface area contributed by atoms with Gasteiger partial charge in [-0.2, -0.15) is 0 Å². The second kappa shape index (κ2) is 8.90. The van der Waals surface area contributed by atoms with E-state index in [2.05, 4.69) is 5.32 Å². The SMILES string of the molecule is CC(=O)NC[C@H]1CN(c2cc(F)c(N3CCP(=O)(c4ccccc4)CC3)c(F)c2)C(=O)O1. The summed E-state index contributed by atoms with van der Waals surface area (Å²) in [4.78, 5) is 25.9. The standard InChI is InChI=1S/C22H24F2N3O4P/c1-15(28)25-13-17-14-27(22(29)31-17)16-11-19(23)21(20(24)12-16)26-7-9-32(30,10-8-26)18-5-3-2-4-6-18/h2-6,11-12,17H,7-10,13-14H2,1H3,(H,25,28)/t17-/m0/s1. The summed E-state index contributed by atoms with van der Waals surface area (Å²) < 4.78 is 48.3. The van der Waals surface area contributed by atoms with Crippen molar-refractivity contribution in [3.8, 4) is 0 Å². The molecule has 0 bridgehead atoms. The molecule has 170 valence electrons. The molecule has 0 spiro atoms. The van der Waals surface area contributed by atoms with Crippen LogP contribution in [0.15, 0.2) is 42.5 Å². The molecule has 1 N–H and O–H groups in total. The summed E-state index contributed by atoms with van der Waals surface area (Å²) in [6.07, 6.45) is -0.665. The average molecular weight is 463 g/mol. The summed E-state index contributed by atoms with van der Waals surface area (Å²) in [5, 5.41) is 3.34. The van der Waals surface area contributed by atoms with Gasteiger partial charge >= 0.3 is 6.09 Å². The maximum Gasteiger partial charge on any atom is 0.414 e. The van der Waals surface area contributed by atoms with E-state index in [1.807, 2.05) is 30.3 Å². The molecule has 32 heavy (non-hydrogen) atoms. The van der Waals surface area contributed by atoms with Crippen LogP contribution in [0.5, 0.6) is 0 Å². The number of cyclic esters (lactones) is 1. The Balaban J connectivity index is 1.48. The summed E-state index contributed by atoms with van der Waals surface area (Å²) in [5.41, 5.74) is -0.138. The molecule has 2 aliphatic heterocycles. The maximum atomic E-state index is 15.0. The van der Waals surface area contributed by atoms with Crippen molar-refractivity contribution in [2.45, 2.75) is 13.0 Å². The average Bonchev–Trinajstić information content (AvgIpc) is 3.14. The van der Waals surface area contributed by atoms with Crippen molar-refractivity contribution in [1.82, 2.24) is 5.32 Å². The van der Waals surface area contributed by atoms with Crippen molar-refractivity contribution in [2.24, 2.45) is 0 Å². The molecule has 7 nitrogen and oxygen atoms in total. The van der Waals surface area contributed by atoms with Crippen LogP contribution in [-0.4, -0.2) is 56.6 Å². The van der Waals surface area contributed by atoms with Crippen molar-refractivity contribution < 1.29 is 27.7 Å². The fourth-order valence-corrected chi connectivity index (χ4v) is 6.66. The van der Waals surface area contributed by atoms with E-state index >= 15 is 0 Å². The molecule has 1 atom stereocenters. The Kier molecular flexibility index (Phi) is 6.20. The number of nitrogens with one attached hydrogen (secondary N) is 1. The minimum Gasteiger partial charge on any atom is -0.442 e. The normalized spacial score (nSPS) is 20.2. The molecule has 2 aliphatic rings. The van der Waals surface area contributed by atoms with Crippen LogP contribution in [-0.2, 0) is 14.1 Å². The number of anilines is 2. The van der Waals surface area contributed by atoms with E-state index in [4.69, 9.17) is 4.74 Å². The van der Waals surface area contributed by atoms with E-state index < -0.39 is 31.0 Å². The van der Waals surface area contributed by atoms with Crippen molar-refractivity contribution in [3.05, 3.63) is 54.1 Å². The number of carbonyl (C=O) groups is 2. The number of ether oxygens (including phenoxy) is 1. The monoisotopic (exact) mass is 463 g/mol. The van der Waals surface area contributed by atoms with Gasteiger partial charge in [0.05, 0.1) is 18.8 Å². The van der Waals surface area contributed by atoms with E-state index in [0.717, 1.165) is 22.3 Å². The molecule has 2 fully saturated rings. The third-order valence-electron chi connectivity index (χ3n) is 5.77. The molecule has 2 amide bonds. The molecule has 2 aromatic rings. The highest BCUT2D eigenvalue weighted by molar-refractivity contribution is 7.71. The smallest absolute Gasteiger partial charge is 0.414 e. The van der Waals surface area contributed by atoms with Crippen LogP contribution >= 0.6 is 7.14 Å². The molecular weight excluding hydrogens is 439 g/mol. The molecule has 10 heteroatoms. The fourth-order valence-electron chi connectivity index (χ4n) is 4.08. The topological polar surface area (TPSA) is 79.0 Å². The zero-order chi connectivity index (χ0) is 22.9. The summed E-state index contributed by atoms with van der Waals surface area (Å²) in [6, 6.07) is 11.4. The lowest BCUT2D eigenvalue weighted by atomic mass is 10.2. The molecule has 2 aromatic carbocycles. The van der Waals surface area contributed by atoms with Crippen molar-refractivity contribution in [1.29, 1.82) is 0 Å². The van der Waals surface area contributed by atoms with E-state index in [-0.39, 0.29) is 43.5 Å². The van der Waals surface area contributed by atoms with E-state index in [1.54, 1.807) is 4.90 Å². The van der Waals surface area contributed by atoms with Gasteiger partial charge in [0.1, 0.15) is 18.9 Å². The first-order chi connectivity index (χ1) is 15.3. The van der Waals surface area contributed by atoms with Crippen molar-refractivity contribution in [3.63, 3.8) is 0 Å². The highest BCUT2D eigenvalue weighted by Crippen LogP contribution is 2.47. The van der Waals surface area contributed by atoms with Crippen LogP contribution < -0.4 is 20.4 Å². The molecule has 2 heterocycles. The van der Waals surface area contributed by atoms with Crippen LogP contribution in [0.2, 0.25) is 0 Å². The Hall–Kier alpha value is -2.93. The van der Waals surface area contributed by atoms with E-state index in [0.29, 0.717) is 12.3 Å². The van der Waals surface area contributed by atoms with Gasteiger partial charge in [-0.25, -0.2) is 13.6 Å². The summed E-state index contributed by atoms with van der Waals surface area (Å²) in [6.45, 7) is 2.07. The van der Waals surface area contributed by atoms with Gasteiger partial charge in [-0.15, -0.1) is 0 Å². The molecule has 4 rings (SSSR count). The van der Waals surface area contributed by atoms with Gasteiger partial charge in [0.25, 0.3) is 0 Å². The highest BCUT2D eigenvalue weighted by Gasteiger charge is 2.35. The first-order valence-corrected chi connectivity index (χ1v) is 12.4. The second-order valence-electron chi connectivity index (χ2n) is 7.97. The summed E-state index contributed by atoms with van der Waals surface area (Å²) in [7, 11) is -2.60. The van der Waals surface area contributed by atoms with Gasteiger partial charge in [-0.05, 0) is 0 Å². The number of hydrogen-bond acceptors (Lipinski definition) is 5. The van der Waals surface area contributed by atoms with E-state index in [1.165, 1.54) is 6.92 Å². The molecule has 2 saturated heterocycles. The van der Waals surface area contributed by atoms with Gasteiger partial charge in [0, 0.05) is 49.8 Å². The zero-order valence-electron chi connectivity index (χ0n) is 17.6. The zero-order valence-corrected chi connectivity index (χ0v) is 18.5. The first-order valence-electron chi connectivity index (χ1n) is 10.4. The molecule has 0 aliphatic carbocycles. The quantitative estimate of drug-likeness (QED) is 0.690. The predicted molar refractivity (Wildman–Crippen MR) is 118 cm³/mol. The molecular formula is C22H24F2N3O4P. The molecule has 0 radical (unpaired) electrons. The number of hydrogen-bond donors (Lipinski definition) is 1. The third-order valence-corrected chi connectivity index (χ3v) is 8.86. The lowest BCUT2D eigenvalue weighted by Gasteiger charge is -2.34. The summed E-state index contributed by atoms with van der Waals surface area (Å²) >= 11 is 0. The van der Waals surface area contributed by atoms with Crippen LogP contribution in [0, 0.1) is 11.6 Å². The number of halogens is 2. The van der Waals surface area contributed by atoms with E-state index in [9.17, 15) is 22.9 Å². The second-order valence-corrected chi connectivity index (χ2v) is 11.2. The number of nitrogens with zero attached hydrogens (tertiary/aromatic N) is 2. The van der Waals surface area contributed by atoms with Gasteiger partial charge in [0.2, 0.25) is 5.91 Å². The lowest BCUT2D eigenvalue weighted by molar-refractivity contribution is -0.119. The number of benzene rings is 2. The largest absolute Gasteiger partial charge is 0.442 e. The Morgan fingerprint density at radius 1 is 1.16 bits per heavy atom. The Morgan fingerprint density at radius 2 is 1.78 bits per heavy atom. The summed E-state index contributed by atoms with van der Waals surface area (Å²) in [5.74, 6) is -1.86. The van der Waals surface area contributed by atoms with Gasteiger partial charge in [0.15, 0.2) is 11.6 Å². The van der Waals surface area contributed by atoms with Gasteiger partial charge in [-0.1, -0.05) is 30.3 Å². The Morgan fingerprint density at radius 3 is 2.38 bits per heavy atom. The molecule has 0 unspecified atom stereocenters. The van der Waals surface area contributed by atoms with Crippen LogP contribution in [0.1, 0.15) is 6.92 Å². The fraction of sp³-hybridized carbons (Fsp3) is 0.364. The van der Waals surface area contributed by atoms with Crippen molar-refractivity contribution in [2.75, 3.05) is 48.3 Å². The third kappa shape index (κ3) is 4.48. The first kappa shape index (κ1) is 22.3. The Bertz CT molecular complexity index is 1050. The number of amides is 2. The minimum absolute atomic E-state index is 0.0473. The van der Waals surface area contributed by atoms with Crippen LogP contribution in [0.25, 0.3) is 0 Å². The molecule has 0 aromatic heterocycles. The van der Waals surface area contributed by atoms with Crippen molar-refractivity contribution >= 4 is 35.8 Å². The Labute approximate surface area is 184 Å². The van der Waals surface area contributed by atoms with Gasteiger partial charge in [-0.3, -0.25) is 9.69 Å². The van der Waals surface area contributed by atoms with Crippen LogP contribution in [0.4, 0.5) is 25.0 Å². The van der Waals surface area contributed by atoms with Crippen LogP contribution in [0.3, 0.4) is 0 Å². The highest BCUT2D eigenvalue weighted by atomic mass is 31.2. The number of carbonyl (C=O) groups excluding carboxylic acids is 2. The maximum absolute atomic E-state index is 15.0. The number of rotatable bonds is 5. The molecule has 0 saturated carbocycles.